The Hall–Kier alpha value is -3.98. The summed E-state index contributed by atoms with van der Waals surface area (Å²) in [6.45, 7) is 8.24. The number of aromatic nitrogens is 2. The van der Waals surface area contributed by atoms with Crippen LogP contribution < -0.4 is 10.6 Å². The molecule has 9 heteroatoms. The first-order chi connectivity index (χ1) is 18.3. The minimum atomic E-state index is -4.48. The highest BCUT2D eigenvalue weighted by Crippen LogP contribution is 2.31. The van der Waals surface area contributed by atoms with E-state index in [0.717, 1.165) is 66.8 Å². The second kappa shape index (κ2) is 12.0. The highest BCUT2D eigenvalue weighted by molar-refractivity contribution is 6.04. The van der Waals surface area contributed by atoms with Crippen LogP contribution in [0.1, 0.15) is 36.2 Å². The molecule has 6 nitrogen and oxygen atoms in total. The van der Waals surface area contributed by atoms with E-state index in [9.17, 15) is 18.0 Å². The second-order valence-corrected chi connectivity index (χ2v) is 8.88. The molecular weight excluding hydrogens is 491 g/mol. The van der Waals surface area contributed by atoms with Gasteiger partial charge in [-0.05, 0) is 79.6 Å². The first-order valence-electron chi connectivity index (χ1n) is 12.6. The third kappa shape index (κ3) is 6.86. The normalized spacial score (nSPS) is 11.6. The number of halogens is 3. The van der Waals surface area contributed by atoms with Crippen molar-refractivity contribution in [2.24, 2.45) is 0 Å². The van der Waals surface area contributed by atoms with Crippen LogP contribution in [0.5, 0.6) is 0 Å². The van der Waals surface area contributed by atoms with E-state index in [1.165, 1.54) is 12.1 Å². The van der Waals surface area contributed by atoms with E-state index < -0.39 is 17.6 Å². The lowest BCUT2D eigenvalue weighted by atomic mass is 10.0. The van der Waals surface area contributed by atoms with E-state index in [2.05, 4.69) is 39.3 Å². The van der Waals surface area contributed by atoms with Crippen molar-refractivity contribution in [3.05, 3.63) is 84.1 Å². The van der Waals surface area contributed by atoms with Crippen LogP contribution in [0.3, 0.4) is 0 Å². The van der Waals surface area contributed by atoms with E-state index in [4.69, 9.17) is 0 Å². The van der Waals surface area contributed by atoms with Gasteiger partial charge in [0.2, 0.25) is 5.95 Å². The van der Waals surface area contributed by atoms with Crippen molar-refractivity contribution in [2.75, 3.05) is 36.8 Å². The molecule has 0 radical (unpaired) electrons. The number of fused-ring (bicyclic) bond motifs is 1. The maximum Gasteiger partial charge on any atom is 0.416 e. The predicted molar refractivity (Wildman–Crippen MR) is 145 cm³/mol. The molecule has 198 valence electrons. The fraction of sp³-hybridized carbons (Fsp3) is 0.276. The van der Waals surface area contributed by atoms with Gasteiger partial charge in [-0.3, -0.25) is 4.79 Å². The van der Waals surface area contributed by atoms with Crippen LogP contribution >= 0.6 is 0 Å². The number of carbonyl (C=O) groups is 1. The Bertz CT molecular complexity index is 1390. The Morgan fingerprint density at radius 3 is 2.39 bits per heavy atom. The molecule has 38 heavy (non-hydrogen) atoms. The summed E-state index contributed by atoms with van der Waals surface area (Å²) in [5.41, 5.74) is 2.26. The van der Waals surface area contributed by atoms with Crippen molar-refractivity contribution in [1.29, 1.82) is 0 Å². The lowest BCUT2D eigenvalue weighted by molar-refractivity contribution is -0.137. The average molecular weight is 522 g/mol. The first kappa shape index (κ1) is 27.1. The summed E-state index contributed by atoms with van der Waals surface area (Å²) in [7, 11) is 0. The lowest BCUT2D eigenvalue weighted by Crippen LogP contribution is -2.25. The molecule has 0 aliphatic carbocycles. The molecule has 2 N–H and O–H groups in total. The Balaban J connectivity index is 1.39. The van der Waals surface area contributed by atoms with Crippen LogP contribution in [0.2, 0.25) is 0 Å². The number of rotatable bonds is 10. The zero-order valence-electron chi connectivity index (χ0n) is 21.3. The number of carbonyl (C=O) groups excluding carboxylic acids is 1. The molecule has 4 rings (SSSR count). The molecule has 0 aliphatic heterocycles. The summed E-state index contributed by atoms with van der Waals surface area (Å²) >= 11 is 0. The maximum atomic E-state index is 12.9. The van der Waals surface area contributed by atoms with E-state index in [1.54, 1.807) is 30.5 Å². The van der Waals surface area contributed by atoms with Gasteiger partial charge in [-0.1, -0.05) is 38.1 Å². The summed E-state index contributed by atoms with van der Waals surface area (Å²) in [6.07, 6.45) is -1.68. The largest absolute Gasteiger partial charge is 0.416 e. The number of nitrogens with zero attached hydrogens (tertiary/aromatic N) is 3. The molecule has 0 fully saturated rings. The fourth-order valence-electron chi connectivity index (χ4n) is 4.13. The smallest absolute Gasteiger partial charge is 0.354 e. The van der Waals surface area contributed by atoms with Gasteiger partial charge in [-0.25, -0.2) is 9.97 Å². The Kier molecular flexibility index (Phi) is 8.58. The highest BCUT2D eigenvalue weighted by atomic mass is 19.4. The van der Waals surface area contributed by atoms with Crippen LogP contribution in [-0.2, 0) is 6.18 Å². The summed E-state index contributed by atoms with van der Waals surface area (Å²) in [5.74, 6) is 0.112. The monoisotopic (exact) mass is 521 g/mol. The predicted octanol–water partition coefficient (Wildman–Crippen LogP) is 6.71. The minimum Gasteiger partial charge on any atom is -0.354 e. The van der Waals surface area contributed by atoms with Gasteiger partial charge in [0.1, 0.15) is 0 Å². The van der Waals surface area contributed by atoms with Gasteiger partial charge in [0.25, 0.3) is 5.91 Å². The number of hydrogen-bond acceptors (Lipinski definition) is 5. The second-order valence-electron chi connectivity index (χ2n) is 8.88. The average Bonchev–Trinajstić information content (AvgIpc) is 2.92. The molecule has 4 aromatic rings. The third-order valence-electron chi connectivity index (χ3n) is 6.34. The van der Waals surface area contributed by atoms with Crippen LogP contribution in [0.25, 0.3) is 22.0 Å². The number of anilines is 2. The van der Waals surface area contributed by atoms with Gasteiger partial charge in [-0.15, -0.1) is 0 Å². The highest BCUT2D eigenvalue weighted by Gasteiger charge is 2.30. The van der Waals surface area contributed by atoms with Gasteiger partial charge in [0.15, 0.2) is 0 Å². The summed E-state index contributed by atoms with van der Waals surface area (Å²) in [6, 6.07) is 17.3. The van der Waals surface area contributed by atoms with Crippen LogP contribution in [0, 0.1) is 0 Å². The molecular formula is C29H30F3N5O. The quantitative estimate of drug-likeness (QED) is 0.227. The molecule has 0 bridgehead atoms. The van der Waals surface area contributed by atoms with Crippen molar-refractivity contribution >= 4 is 28.4 Å². The molecule has 3 aromatic carbocycles. The van der Waals surface area contributed by atoms with Gasteiger partial charge in [0.05, 0.1) is 11.1 Å². The van der Waals surface area contributed by atoms with Crippen molar-refractivity contribution < 1.29 is 18.0 Å². The Labute approximate surface area is 219 Å². The van der Waals surface area contributed by atoms with Crippen LogP contribution in [0.4, 0.5) is 24.8 Å². The molecule has 0 saturated carbocycles. The molecule has 1 amide bonds. The SMILES string of the molecule is CCN(CC)CCCNc1ncc2cc(-c3ccc(C(=O)Nc4cccc(C(F)(F)F)c4)cc3)ccc2n1. The maximum absolute atomic E-state index is 12.9. The lowest BCUT2D eigenvalue weighted by Gasteiger charge is -2.17. The molecule has 1 aromatic heterocycles. The van der Waals surface area contributed by atoms with Crippen molar-refractivity contribution in [3.8, 4) is 11.1 Å². The summed E-state index contributed by atoms with van der Waals surface area (Å²) < 4.78 is 38.8. The topological polar surface area (TPSA) is 70.2 Å². The Morgan fingerprint density at radius 1 is 0.947 bits per heavy atom. The molecule has 0 unspecified atom stereocenters. The van der Waals surface area contributed by atoms with Gasteiger partial charge >= 0.3 is 6.18 Å². The number of nitrogens with one attached hydrogen (secondary N) is 2. The number of alkyl halides is 3. The standard InChI is InChI=1S/C29H30F3N5O/c1-3-37(4-2)16-6-15-33-28-34-19-23-17-22(13-14-26(23)36-28)20-9-11-21(12-10-20)27(38)35-25-8-5-7-24(18-25)29(30,31)32/h5,7-14,17-19H,3-4,6,15-16H2,1-2H3,(H,35,38)(H,33,34,36). The van der Waals surface area contributed by atoms with E-state index in [1.807, 2.05) is 18.2 Å². The zero-order valence-corrected chi connectivity index (χ0v) is 21.3. The van der Waals surface area contributed by atoms with E-state index in [-0.39, 0.29) is 5.69 Å². The number of benzene rings is 3. The summed E-state index contributed by atoms with van der Waals surface area (Å²) in [5, 5.41) is 6.71. The molecule has 0 spiro atoms. The number of amides is 1. The summed E-state index contributed by atoms with van der Waals surface area (Å²) in [4.78, 5) is 24.0. The molecule has 0 atom stereocenters. The minimum absolute atomic E-state index is 0.0844. The first-order valence-corrected chi connectivity index (χ1v) is 12.6. The van der Waals surface area contributed by atoms with E-state index in [0.29, 0.717) is 11.5 Å². The van der Waals surface area contributed by atoms with E-state index >= 15 is 0 Å². The molecule has 1 heterocycles. The Morgan fingerprint density at radius 2 is 1.68 bits per heavy atom. The molecule has 0 saturated heterocycles. The number of hydrogen-bond donors (Lipinski definition) is 2. The van der Waals surface area contributed by atoms with Gasteiger partial charge in [0, 0.05) is 29.4 Å². The van der Waals surface area contributed by atoms with Gasteiger partial charge < -0.3 is 15.5 Å². The van der Waals surface area contributed by atoms with Crippen molar-refractivity contribution in [2.45, 2.75) is 26.4 Å². The van der Waals surface area contributed by atoms with Crippen LogP contribution in [0.15, 0.2) is 72.9 Å². The van der Waals surface area contributed by atoms with Crippen molar-refractivity contribution in [3.63, 3.8) is 0 Å². The zero-order chi connectivity index (χ0) is 27.1. The third-order valence-corrected chi connectivity index (χ3v) is 6.34. The molecule has 0 aliphatic rings. The van der Waals surface area contributed by atoms with Crippen LogP contribution in [-0.4, -0.2) is 47.0 Å². The fourth-order valence-corrected chi connectivity index (χ4v) is 4.13. The van der Waals surface area contributed by atoms with Crippen molar-refractivity contribution in [1.82, 2.24) is 14.9 Å². The van der Waals surface area contributed by atoms with Gasteiger partial charge in [-0.2, -0.15) is 13.2 Å².